The van der Waals surface area contributed by atoms with Gasteiger partial charge in [0.1, 0.15) is 0 Å². The van der Waals surface area contributed by atoms with E-state index in [1.54, 1.807) is 0 Å². The summed E-state index contributed by atoms with van der Waals surface area (Å²) in [5.41, 5.74) is -0.475. The van der Waals surface area contributed by atoms with Crippen LogP contribution in [0.4, 0.5) is 0 Å². The molecule has 2 unspecified atom stereocenters. The van der Waals surface area contributed by atoms with E-state index in [0.717, 1.165) is 24.5 Å². The zero-order chi connectivity index (χ0) is 17.8. The van der Waals surface area contributed by atoms with Crippen molar-refractivity contribution in [2.45, 2.75) is 37.6 Å². The quantitative estimate of drug-likeness (QED) is 0.477. The van der Waals surface area contributed by atoms with Crippen LogP contribution >= 0.6 is 0 Å². The van der Waals surface area contributed by atoms with Crippen LogP contribution in [0.3, 0.4) is 0 Å². The van der Waals surface area contributed by atoms with Gasteiger partial charge in [-0.3, -0.25) is 25.1 Å². The van der Waals surface area contributed by atoms with Crippen LogP contribution in [-0.2, 0) is 9.84 Å². The minimum Gasteiger partial charge on any atom is -0.284 e. The minimum absolute atomic E-state index is 0.322. The molecule has 0 amide bonds. The Morgan fingerprint density at radius 1 is 1.22 bits per heavy atom. The normalized spacial score (nSPS) is 24.5. The average molecular weight is 347 g/mol. The van der Waals surface area contributed by atoms with Crippen LogP contribution in [0.15, 0.2) is 23.9 Å². The summed E-state index contributed by atoms with van der Waals surface area (Å²) < 4.78 is 24.5. The van der Waals surface area contributed by atoms with Gasteiger partial charge in [0.2, 0.25) is 9.84 Å². The maximum atomic E-state index is 12.3. The Bertz CT molecular complexity index is 636. The summed E-state index contributed by atoms with van der Waals surface area (Å²) in [5.74, 6) is 0. The van der Waals surface area contributed by atoms with E-state index in [2.05, 4.69) is 0 Å². The van der Waals surface area contributed by atoms with Crippen molar-refractivity contribution in [1.82, 2.24) is 4.90 Å². The molecule has 0 heterocycles. The van der Waals surface area contributed by atoms with E-state index in [1.807, 2.05) is 13.8 Å². The molecular formula is C13H21N3O6S. The van der Waals surface area contributed by atoms with Crippen LogP contribution in [0.2, 0.25) is 0 Å². The summed E-state index contributed by atoms with van der Waals surface area (Å²) in [5, 5.41) is 23.1. The first kappa shape index (κ1) is 19.2. The second kappa shape index (κ2) is 7.18. The monoisotopic (exact) mass is 347 g/mol. The van der Waals surface area contributed by atoms with E-state index >= 15 is 0 Å². The molecule has 0 aromatic rings. The summed E-state index contributed by atoms with van der Waals surface area (Å²) in [4.78, 5) is 20.4. The predicted octanol–water partition coefficient (Wildman–Crippen LogP) is 1.22. The van der Waals surface area contributed by atoms with Crippen LogP contribution in [-0.4, -0.2) is 53.4 Å². The number of rotatable bonds is 8. The Morgan fingerprint density at radius 2 is 1.74 bits per heavy atom. The molecule has 0 saturated carbocycles. The molecule has 23 heavy (non-hydrogen) atoms. The first-order valence-electron chi connectivity index (χ1n) is 7.25. The van der Waals surface area contributed by atoms with Gasteiger partial charge in [-0.15, -0.1) is 0 Å². The maximum Gasteiger partial charge on any atom is 0.362 e. The number of nitrogens with zero attached hydrogens (tertiary/aromatic N) is 3. The molecule has 0 saturated heterocycles. The van der Waals surface area contributed by atoms with Gasteiger partial charge in [-0.25, -0.2) is 8.42 Å². The SMILES string of the molecule is CCCN(CCC)C1C([N+](=O)[O-])=CC=CC1([N+](=O)[O-])S(C)(=O)=O. The fraction of sp³-hybridized carbons (Fsp3) is 0.692. The summed E-state index contributed by atoms with van der Waals surface area (Å²) in [7, 11) is -4.26. The molecule has 0 fully saturated rings. The van der Waals surface area contributed by atoms with Gasteiger partial charge in [-0.05, 0) is 25.9 Å². The van der Waals surface area contributed by atoms with Gasteiger partial charge < -0.3 is 0 Å². The van der Waals surface area contributed by atoms with Crippen molar-refractivity contribution in [3.63, 3.8) is 0 Å². The zero-order valence-corrected chi connectivity index (χ0v) is 14.2. The van der Waals surface area contributed by atoms with Crippen LogP contribution in [0.1, 0.15) is 26.7 Å². The molecular weight excluding hydrogens is 326 g/mol. The Labute approximate surface area is 134 Å². The molecule has 1 aliphatic carbocycles. The summed E-state index contributed by atoms with van der Waals surface area (Å²) in [6.07, 6.45) is 5.07. The zero-order valence-electron chi connectivity index (χ0n) is 13.3. The molecule has 9 nitrogen and oxygen atoms in total. The maximum absolute atomic E-state index is 12.3. The van der Waals surface area contributed by atoms with Gasteiger partial charge in [0, 0.05) is 23.3 Å². The smallest absolute Gasteiger partial charge is 0.284 e. The molecule has 0 bridgehead atoms. The molecule has 0 spiro atoms. The standard InChI is InChI=1S/C13H21N3O6S/c1-4-9-14(10-5-2)12-11(15(17)18)7-6-8-13(12,16(19)20)23(3,21)22/h6-8,12H,4-5,9-10H2,1-3H3. The summed E-state index contributed by atoms with van der Waals surface area (Å²) >= 11 is 0. The number of hydrogen-bond acceptors (Lipinski definition) is 7. The van der Waals surface area contributed by atoms with Crippen molar-refractivity contribution < 1.29 is 18.3 Å². The number of sulfone groups is 1. The largest absolute Gasteiger partial charge is 0.362 e. The first-order valence-corrected chi connectivity index (χ1v) is 9.14. The third-order valence-corrected chi connectivity index (χ3v) is 5.45. The van der Waals surface area contributed by atoms with Crippen LogP contribution in [0.5, 0.6) is 0 Å². The van der Waals surface area contributed by atoms with Crippen molar-refractivity contribution in [3.05, 3.63) is 44.2 Å². The number of allylic oxidation sites excluding steroid dienone is 2. The fourth-order valence-electron chi connectivity index (χ4n) is 2.86. The molecule has 2 atom stereocenters. The van der Waals surface area contributed by atoms with Gasteiger partial charge in [0.15, 0.2) is 6.04 Å². The van der Waals surface area contributed by atoms with Gasteiger partial charge in [0.05, 0.1) is 4.92 Å². The second-order valence-corrected chi connectivity index (χ2v) is 7.63. The lowest BCUT2D eigenvalue weighted by molar-refractivity contribution is -0.543. The van der Waals surface area contributed by atoms with Crippen molar-refractivity contribution in [1.29, 1.82) is 0 Å². The lowest BCUT2D eigenvalue weighted by atomic mass is 9.96. The third-order valence-electron chi connectivity index (χ3n) is 3.75. The second-order valence-electron chi connectivity index (χ2n) is 5.43. The molecule has 1 rings (SSSR count). The van der Waals surface area contributed by atoms with E-state index in [-0.39, 0.29) is 0 Å². The van der Waals surface area contributed by atoms with Gasteiger partial charge in [0.25, 0.3) is 5.70 Å². The first-order chi connectivity index (χ1) is 10.6. The number of nitro groups is 2. The highest BCUT2D eigenvalue weighted by Crippen LogP contribution is 2.36. The molecule has 0 radical (unpaired) electrons. The van der Waals surface area contributed by atoms with Gasteiger partial charge in [-0.1, -0.05) is 19.9 Å². The van der Waals surface area contributed by atoms with Crippen LogP contribution in [0, 0.1) is 20.2 Å². The van der Waals surface area contributed by atoms with Crippen molar-refractivity contribution in [3.8, 4) is 0 Å². The Hall–Kier alpha value is -1.81. The molecule has 0 aromatic heterocycles. The van der Waals surface area contributed by atoms with Crippen LogP contribution < -0.4 is 0 Å². The molecule has 0 aliphatic heterocycles. The van der Waals surface area contributed by atoms with Crippen molar-refractivity contribution in [2.24, 2.45) is 0 Å². The lowest BCUT2D eigenvalue weighted by Crippen LogP contribution is -2.63. The van der Waals surface area contributed by atoms with E-state index in [4.69, 9.17) is 0 Å². The highest BCUT2D eigenvalue weighted by molar-refractivity contribution is 7.92. The highest BCUT2D eigenvalue weighted by Gasteiger charge is 2.64. The van der Waals surface area contributed by atoms with Crippen LogP contribution in [0.25, 0.3) is 0 Å². The molecule has 130 valence electrons. The Balaban J connectivity index is 3.66. The Kier molecular flexibility index (Phi) is 6.00. The molecule has 10 heteroatoms. The average Bonchev–Trinajstić information content (AvgIpc) is 2.44. The third kappa shape index (κ3) is 3.42. The van der Waals surface area contributed by atoms with E-state index in [1.165, 1.54) is 4.90 Å². The lowest BCUT2D eigenvalue weighted by Gasteiger charge is -2.36. The highest BCUT2D eigenvalue weighted by atomic mass is 32.2. The fourth-order valence-corrected chi connectivity index (χ4v) is 4.13. The van der Waals surface area contributed by atoms with Crippen molar-refractivity contribution >= 4 is 9.84 Å². The predicted molar refractivity (Wildman–Crippen MR) is 84.7 cm³/mol. The minimum atomic E-state index is -4.26. The van der Waals surface area contributed by atoms with E-state index in [0.29, 0.717) is 25.9 Å². The summed E-state index contributed by atoms with van der Waals surface area (Å²) in [6, 6.07) is -1.47. The topological polar surface area (TPSA) is 124 Å². The summed E-state index contributed by atoms with van der Waals surface area (Å²) in [6.45, 7) is 4.29. The van der Waals surface area contributed by atoms with Gasteiger partial charge >= 0.3 is 4.87 Å². The Morgan fingerprint density at radius 3 is 2.09 bits per heavy atom. The van der Waals surface area contributed by atoms with Gasteiger partial charge in [-0.2, -0.15) is 0 Å². The number of hydrogen-bond donors (Lipinski definition) is 0. The van der Waals surface area contributed by atoms with E-state index < -0.39 is 36.3 Å². The molecule has 0 N–H and O–H groups in total. The van der Waals surface area contributed by atoms with Crippen molar-refractivity contribution in [2.75, 3.05) is 19.3 Å². The molecule has 1 aliphatic rings. The molecule has 0 aromatic carbocycles. The van der Waals surface area contributed by atoms with E-state index in [9.17, 15) is 28.6 Å².